The standard InChI is InChI=1S/C8H12FNS/c1-4-6-8(10-3)11-7(9)5-2/h4-6,10H,1H2,2-3H3/b7-5-,8-6+. The van der Waals surface area contributed by atoms with Gasteiger partial charge in [-0.2, -0.15) is 4.39 Å². The summed E-state index contributed by atoms with van der Waals surface area (Å²) < 4.78 is 12.6. The van der Waals surface area contributed by atoms with Gasteiger partial charge >= 0.3 is 0 Å². The zero-order chi connectivity index (χ0) is 8.69. The molecule has 0 aliphatic heterocycles. The molecule has 0 rings (SSSR count). The molecular weight excluding hydrogens is 161 g/mol. The quantitative estimate of drug-likeness (QED) is 0.656. The van der Waals surface area contributed by atoms with Gasteiger partial charge in [-0.3, -0.25) is 0 Å². The molecule has 0 aromatic heterocycles. The predicted molar refractivity (Wildman–Crippen MR) is 49.8 cm³/mol. The number of halogens is 1. The molecule has 0 radical (unpaired) electrons. The molecule has 0 bridgehead atoms. The van der Waals surface area contributed by atoms with E-state index in [1.165, 1.54) is 6.08 Å². The maximum Gasteiger partial charge on any atom is 0.158 e. The van der Waals surface area contributed by atoms with Crippen LogP contribution >= 0.6 is 11.8 Å². The van der Waals surface area contributed by atoms with Crippen molar-refractivity contribution in [2.45, 2.75) is 6.92 Å². The Hall–Kier alpha value is -0.700. The van der Waals surface area contributed by atoms with Gasteiger partial charge in [-0.05, 0) is 30.8 Å². The van der Waals surface area contributed by atoms with Crippen molar-refractivity contribution in [3.8, 4) is 0 Å². The van der Waals surface area contributed by atoms with E-state index in [4.69, 9.17) is 0 Å². The highest BCUT2D eigenvalue weighted by atomic mass is 32.2. The fraction of sp³-hybridized carbons (Fsp3) is 0.250. The summed E-state index contributed by atoms with van der Waals surface area (Å²) in [6, 6.07) is 0. The third-order valence-electron chi connectivity index (χ3n) is 0.950. The van der Waals surface area contributed by atoms with Crippen LogP contribution in [0.5, 0.6) is 0 Å². The molecule has 0 heterocycles. The Morgan fingerprint density at radius 2 is 2.27 bits per heavy atom. The van der Waals surface area contributed by atoms with Crippen molar-refractivity contribution >= 4 is 11.8 Å². The van der Waals surface area contributed by atoms with Crippen LogP contribution in [0.1, 0.15) is 6.92 Å². The summed E-state index contributed by atoms with van der Waals surface area (Å²) in [5.41, 5.74) is 0. The van der Waals surface area contributed by atoms with Crippen molar-refractivity contribution < 1.29 is 4.39 Å². The summed E-state index contributed by atoms with van der Waals surface area (Å²) in [5.74, 6) is 0. The van der Waals surface area contributed by atoms with E-state index in [1.807, 2.05) is 0 Å². The smallest absolute Gasteiger partial charge is 0.158 e. The maximum absolute atomic E-state index is 12.6. The third-order valence-corrected chi connectivity index (χ3v) is 1.94. The molecule has 0 saturated carbocycles. The molecule has 0 saturated heterocycles. The van der Waals surface area contributed by atoms with Crippen molar-refractivity contribution in [2.75, 3.05) is 7.05 Å². The van der Waals surface area contributed by atoms with E-state index >= 15 is 0 Å². The fourth-order valence-electron chi connectivity index (χ4n) is 0.439. The Balaban J connectivity index is 4.09. The zero-order valence-electron chi connectivity index (χ0n) is 6.73. The normalized spacial score (nSPS) is 13.0. The van der Waals surface area contributed by atoms with Gasteiger partial charge in [-0.1, -0.05) is 12.7 Å². The van der Waals surface area contributed by atoms with E-state index in [9.17, 15) is 4.39 Å². The lowest BCUT2D eigenvalue weighted by molar-refractivity contribution is 0.698. The molecule has 3 heteroatoms. The van der Waals surface area contributed by atoms with Crippen LogP contribution < -0.4 is 5.32 Å². The highest BCUT2D eigenvalue weighted by Crippen LogP contribution is 2.23. The lowest BCUT2D eigenvalue weighted by Gasteiger charge is -2.01. The number of rotatable bonds is 4. The van der Waals surface area contributed by atoms with Crippen LogP contribution in [0.15, 0.2) is 35.0 Å². The lowest BCUT2D eigenvalue weighted by atomic mass is 10.6. The first kappa shape index (κ1) is 10.3. The van der Waals surface area contributed by atoms with Gasteiger partial charge in [-0.25, -0.2) is 0 Å². The van der Waals surface area contributed by atoms with Crippen LogP contribution in [-0.2, 0) is 0 Å². The van der Waals surface area contributed by atoms with Crippen LogP contribution in [0, 0.1) is 0 Å². The average Bonchev–Trinajstić information content (AvgIpc) is 2.03. The van der Waals surface area contributed by atoms with Crippen LogP contribution in [0.3, 0.4) is 0 Å². The second-order valence-electron chi connectivity index (χ2n) is 1.71. The molecule has 62 valence electrons. The molecule has 0 aromatic carbocycles. The minimum Gasteiger partial charge on any atom is -0.383 e. The molecule has 0 atom stereocenters. The second-order valence-corrected chi connectivity index (χ2v) is 2.75. The minimum absolute atomic E-state index is 0.215. The van der Waals surface area contributed by atoms with Crippen molar-refractivity contribution in [3.05, 3.63) is 35.0 Å². The molecule has 11 heavy (non-hydrogen) atoms. The Morgan fingerprint density at radius 3 is 2.64 bits per heavy atom. The van der Waals surface area contributed by atoms with E-state index in [-0.39, 0.29) is 5.16 Å². The van der Waals surface area contributed by atoms with E-state index < -0.39 is 0 Å². The SMILES string of the molecule is C=C/C=C(\NC)S/C(F)=C\C. The topological polar surface area (TPSA) is 12.0 Å². The first-order valence-corrected chi connectivity index (χ1v) is 4.06. The Kier molecular flexibility index (Phi) is 5.65. The summed E-state index contributed by atoms with van der Waals surface area (Å²) in [4.78, 5) is 0. The molecule has 0 aliphatic carbocycles. The molecule has 0 aliphatic rings. The Morgan fingerprint density at radius 1 is 1.64 bits per heavy atom. The summed E-state index contributed by atoms with van der Waals surface area (Å²) >= 11 is 1.04. The molecule has 1 N–H and O–H groups in total. The van der Waals surface area contributed by atoms with Crippen molar-refractivity contribution in [1.29, 1.82) is 0 Å². The predicted octanol–water partition coefficient (Wildman–Crippen LogP) is 2.80. The van der Waals surface area contributed by atoms with Gasteiger partial charge in [-0.15, -0.1) is 0 Å². The monoisotopic (exact) mass is 173 g/mol. The maximum atomic E-state index is 12.6. The summed E-state index contributed by atoms with van der Waals surface area (Å²) in [6.45, 7) is 5.17. The Labute approximate surface area is 71.1 Å². The van der Waals surface area contributed by atoms with Crippen LogP contribution in [0.25, 0.3) is 0 Å². The van der Waals surface area contributed by atoms with Gasteiger partial charge in [0.15, 0.2) is 5.16 Å². The van der Waals surface area contributed by atoms with Crippen molar-refractivity contribution in [3.63, 3.8) is 0 Å². The van der Waals surface area contributed by atoms with Crippen LogP contribution in [-0.4, -0.2) is 7.05 Å². The first-order chi connectivity index (χ1) is 5.24. The highest BCUT2D eigenvalue weighted by molar-refractivity contribution is 8.06. The Bertz CT molecular complexity index is 185. The van der Waals surface area contributed by atoms with Gasteiger partial charge in [0.05, 0.1) is 5.03 Å². The molecule has 0 aromatic rings. The van der Waals surface area contributed by atoms with Crippen LogP contribution in [0.4, 0.5) is 4.39 Å². The van der Waals surface area contributed by atoms with Gasteiger partial charge in [0.1, 0.15) is 0 Å². The van der Waals surface area contributed by atoms with E-state index in [2.05, 4.69) is 11.9 Å². The van der Waals surface area contributed by atoms with Crippen molar-refractivity contribution in [2.24, 2.45) is 0 Å². The molecule has 1 nitrogen and oxygen atoms in total. The summed E-state index contributed by atoms with van der Waals surface area (Å²) in [5, 5.41) is 3.37. The lowest BCUT2D eigenvalue weighted by Crippen LogP contribution is -2.01. The average molecular weight is 173 g/mol. The van der Waals surface area contributed by atoms with Crippen LogP contribution in [0.2, 0.25) is 0 Å². The van der Waals surface area contributed by atoms with E-state index in [0.717, 1.165) is 16.8 Å². The zero-order valence-corrected chi connectivity index (χ0v) is 7.54. The molecular formula is C8H12FNS. The highest BCUT2D eigenvalue weighted by Gasteiger charge is 1.97. The summed E-state index contributed by atoms with van der Waals surface area (Å²) in [6.07, 6.45) is 4.74. The minimum atomic E-state index is -0.215. The molecule has 0 unspecified atom stereocenters. The number of nitrogens with one attached hydrogen (secondary N) is 1. The molecule has 0 spiro atoms. The molecule has 0 amide bonds. The third kappa shape index (κ3) is 4.67. The largest absolute Gasteiger partial charge is 0.383 e. The van der Waals surface area contributed by atoms with Gasteiger partial charge in [0, 0.05) is 7.05 Å². The number of hydrogen-bond acceptors (Lipinski definition) is 2. The first-order valence-electron chi connectivity index (χ1n) is 3.24. The molecule has 0 fully saturated rings. The van der Waals surface area contributed by atoms with E-state index in [0.29, 0.717) is 0 Å². The summed E-state index contributed by atoms with van der Waals surface area (Å²) in [7, 11) is 1.74. The van der Waals surface area contributed by atoms with Gasteiger partial charge < -0.3 is 5.32 Å². The number of hydrogen-bond donors (Lipinski definition) is 1. The van der Waals surface area contributed by atoms with Gasteiger partial charge in [0.2, 0.25) is 0 Å². The second kappa shape index (κ2) is 6.04. The fourth-order valence-corrected chi connectivity index (χ4v) is 1.03. The number of allylic oxidation sites excluding steroid dienone is 3. The van der Waals surface area contributed by atoms with E-state index in [1.54, 1.807) is 26.1 Å². The van der Waals surface area contributed by atoms with Crippen molar-refractivity contribution in [1.82, 2.24) is 5.32 Å². The van der Waals surface area contributed by atoms with Gasteiger partial charge in [0.25, 0.3) is 0 Å². The number of thioether (sulfide) groups is 1.